The van der Waals surface area contributed by atoms with Crippen LogP contribution in [-0.4, -0.2) is 37.1 Å². The highest BCUT2D eigenvalue weighted by atomic mass is 15.1. The molecule has 3 atom stereocenters. The third kappa shape index (κ3) is 5.56. The summed E-state index contributed by atoms with van der Waals surface area (Å²) in [6.45, 7) is 14.8. The number of nitrogens with zero attached hydrogens (tertiary/aromatic N) is 1. The van der Waals surface area contributed by atoms with E-state index >= 15 is 0 Å². The molecule has 0 spiro atoms. The second-order valence-corrected chi connectivity index (χ2v) is 8.26. The molecular weight excluding hydrogens is 256 g/mol. The SMILES string of the molecule is CC1CCN(CCCNC2CC(C)CCC2C(C)C)CC1. The van der Waals surface area contributed by atoms with Crippen LogP contribution < -0.4 is 5.32 Å². The van der Waals surface area contributed by atoms with Gasteiger partial charge >= 0.3 is 0 Å². The van der Waals surface area contributed by atoms with Crippen LogP contribution in [0.15, 0.2) is 0 Å². The first-order chi connectivity index (χ1) is 10.1. The fourth-order valence-electron chi connectivity index (χ4n) is 4.31. The fraction of sp³-hybridized carbons (Fsp3) is 1.00. The van der Waals surface area contributed by atoms with E-state index in [-0.39, 0.29) is 0 Å². The van der Waals surface area contributed by atoms with Gasteiger partial charge in [-0.25, -0.2) is 0 Å². The van der Waals surface area contributed by atoms with E-state index in [1.54, 1.807) is 0 Å². The van der Waals surface area contributed by atoms with Crippen molar-refractivity contribution < 1.29 is 0 Å². The number of hydrogen-bond donors (Lipinski definition) is 1. The lowest BCUT2D eigenvalue weighted by Crippen LogP contribution is -2.44. The first kappa shape index (κ1) is 17.3. The normalized spacial score (nSPS) is 32.7. The molecule has 1 N–H and O–H groups in total. The lowest BCUT2D eigenvalue weighted by atomic mass is 9.74. The average Bonchev–Trinajstić information content (AvgIpc) is 2.45. The highest BCUT2D eigenvalue weighted by molar-refractivity contribution is 4.85. The standard InChI is InChI=1S/C19H38N2/c1-15(2)18-7-6-17(4)14-19(18)20-10-5-11-21-12-8-16(3)9-13-21/h15-20H,5-14H2,1-4H3. The van der Waals surface area contributed by atoms with E-state index in [1.165, 1.54) is 64.7 Å². The van der Waals surface area contributed by atoms with Gasteiger partial charge in [0, 0.05) is 6.04 Å². The Morgan fingerprint density at radius 2 is 1.71 bits per heavy atom. The highest BCUT2D eigenvalue weighted by Gasteiger charge is 2.30. The summed E-state index contributed by atoms with van der Waals surface area (Å²) in [5.41, 5.74) is 0. The first-order valence-corrected chi connectivity index (χ1v) is 9.52. The lowest BCUT2D eigenvalue weighted by molar-refractivity contribution is 0.162. The van der Waals surface area contributed by atoms with Crippen molar-refractivity contribution in [2.45, 2.75) is 72.3 Å². The summed E-state index contributed by atoms with van der Waals surface area (Å²) in [5.74, 6) is 3.60. The van der Waals surface area contributed by atoms with Crippen molar-refractivity contribution in [1.29, 1.82) is 0 Å². The zero-order valence-electron chi connectivity index (χ0n) is 14.9. The molecule has 1 saturated heterocycles. The summed E-state index contributed by atoms with van der Waals surface area (Å²) in [5, 5.41) is 3.91. The minimum absolute atomic E-state index is 0.773. The van der Waals surface area contributed by atoms with Gasteiger partial charge in [0.1, 0.15) is 0 Å². The van der Waals surface area contributed by atoms with Crippen molar-refractivity contribution in [2.24, 2.45) is 23.7 Å². The largest absolute Gasteiger partial charge is 0.314 e. The van der Waals surface area contributed by atoms with Crippen LogP contribution in [0.2, 0.25) is 0 Å². The summed E-state index contributed by atoms with van der Waals surface area (Å²) in [6, 6.07) is 0.773. The highest BCUT2D eigenvalue weighted by Crippen LogP contribution is 2.33. The zero-order valence-corrected chi connectivity index (χ0v) is 14.9. The monoisotopic (exact) mass is 294 g/mol. The van der Waals surface area contributed by atoms with Crippen molar-refractivity contribution in [3.05, 3.63) is 0 Å². The third-order valence-corrected chi connectivity index (χ3v) is 5.96. The van der Waals surface area contributed by atoms with Gasteiger partial charge in [0.25, 0.3) is 0 Å². The predicted molar refractivity (Wildman–Crippen MR) is 92.6 cm³/mol. The number of piperidine rings is 1. The molecular formula is C19H38N2. The molecule has 2 rings (SSSR count). The van der Waals surface area contributed by atoms with Crippen molar-refractivity contribution in [2.75, 3.05) is 26.2 Å². The van der Waals surface area contributed by atoms with E-state index < -0.39 is 0 Å². The molecule has 0 aromatic carbocycles. The Morgan fingerprint density at radius 3 is 2.38 bits per heavy atom. The van der Waals surface area contributed by atoms with Crippen LogP contribution in [0.25, 0.3) is 0 Å². The molecule has 0 aromatic heterocycles. The van der Waals surface area contributed by atoms with Gasteiger partial charge < -0.3 is 10.2 Å². The smallest absolute Gasteiger partial charge is 0.0100 e. The number of nitrogens with one attached hydrogen (secondary N) is 1. The maximum atomic E-state index is 3.91. The molecule has 1 heterocycles. The fourth-order valence-corrected chi connectivity index (χ4v) is 4.31. The van der Waals surface area contributed by atoms with Gasteiger partial charge in [0.15, 0.2) is 0 Å². The van der Waals surface area contributed by atoms with Gasteiger partial charge in [0.05, 0.1) is 0 Å². The van der Waals surface area contributed by atoms with E-state index in [4.69, 9.17) is 0 Å². The van der Waals surface area contributed by atoms with Crippen molar-refractivity contribution >= 4 is 0 Å². The third-order valence-electron chi connectivity index (χ3n) is 5.96. The summed E-state index contributed by atoms with van der Waals surface area (Å²) < 4.78 is 0. The molecule has 2 aliphatic rings. The summed E-state index contributed by atoms with van der Waals surface area (Å²) >= 11 is 0. The Hall–Kier alpha value is -0.0800. The lowest BCUT2D eigenvalue weighted by Gasteiger charge is -2.38. The van der Waals surface area contributed by atoms with E-state index in [0.29, 0.717) is 0 Å². The molecule has 0 aromatic rings. The minimum atomic E-state index is 0.773. The van der Waals surface area contributed by atoms with Crippen LogP contribution in [0.1, 0.15) is 66.2 Å². The van der Waals surface area contributed by atoms with E-state index in [2.05, 4.69) is 37.9 Å². The number of likely N-dealkylation sites (tertiary alicyclic amines) is 1. The second-order valence-electron chi connectivity index (χ2n) is 8.26. The Kier molecular flexibility index (Phi) is 7.01. The van der Waals surface area contributed by atoms with E-state index in [9.17, 15) is 0 Å². The molecule has 0 amide bonds. The average molecular weight is 295 g/mol. The van der Waals surface area contributed by atoms with Crippen LogP contribution in [0.5, 0.6) is 0 Å². The number of hydrogen-bond acceptors (Lipinski definition) is 2. The van der Waals surface area contributed by atoms with Crippen molar-refractivity contribution in [3.63, 3.8) is 0 Å². The van der Waals surface area contributed by atoms with Gasteiger partial charge in [-0.05, 0) is 82.0 Å². The minimum Gasteiger partial charge on any atom is -0.314 e. The Bertz CT molecular complexity index is 281. The predicted octanol–water partition coefficient (Wildman–Crippen LogP) is 4.16. The van der Waals surface area contributed by atoms with Crippen LogP contribution in [0.4, 0.5) is 0 Å². The molecule has 1 aliphatic heterocycles. The topological polar surface area (TPSA) is 15.3 Å². The summed E-state index contributed by atoms with van der Waals surface area (Å²) in [7, 11) is 0. The summed E-state index contributed by atoms with van der Waals surface area (Å²) in [6.07, 6.45) is 8.40. The Balaban J connectivity index is 1.64. The molecule has 21 heavy (non-hydrogen) atoms. The van der Waals surface area contributed by atoms with Crippen LogP contribution in [-0.2, 0) is 0 Å². The maximum Gasteiger partial charge on any atom is 0.0100 e. The van der Waals surface area contributed by atoms with Gasteiger partial charge in [-0.1, -0.05) is 34.1 Å². The molecule has 1 aliphatic carbocycles. The molecule has 2 fully saturated rings. The van der Waals surface area contributed by atoms with Gasteiger partial charge in [-0.2, -0.15) is 0 Å². The molecule has 2 heteroatoms. The quantitative estimate of drug-likeness (QED) is 0.740. The Labute approximate surface area is 133 Å². The zero-order chi connectivity index (χ0) is 15.2. The van der Waals surface area contributed by atoms with Crippen LogP contribution in [0, 0.1) is 23.7 Å². The van der Waals surface area contributed by atoms with Crippen LogP contribution >= 0.6 is 0 Å². The molecule has 0 radical (unpaired) electrons. The van der Waals surface area contributed by atoms with E-state index in [0.717, 1.165) is 29.7 Å². The van der Waals surface area contributed by atoms with Crippen molar-refractivity contribution in [1.82, 2.24) is 10.2 Å². The van der Waals surface area contributed by atoms with Gasteiger partial charge in [0.2, 0.25) is 0 Å². The maximum absolute atomic E-state index is 3.91. The molecule has 2 nitrogen and oxygen atoms in total. The Morgan fingerprint density at radius 1 is 1.00 bits per heavy atom. The van der Waals surface area contributed by atoms with Crippen molar-refractivity contribution in [3.8, 4) is 0 Å². The molecule has 0 bridgehead atoms. The molecule has 1 saturated carbocycles. The molecule has 3 unspecified atom stereocenters. The first-order valence-electron chi connectivity index (χ1n) is 9.52. The van der Waals surface area contributed by atoms with Crippen LogP contribution in [0.3, 0.4) is 0 Å². The number of rotatable bonds is 6. The van der Waals surface area contributed by atoms with Gasteiger partial charge in [-0.15, -0.1) is 0 Å². The van der Waals surface area contributed by atoms with E-state index in [1.807, 2.05) is 0 Å². The summed E-state index contributed by atoms with van der Waals surface area (Å²) in [4.78, 5) is 2.67. The second kappa shape index (κ2) is 8.53. The van der Waals surface area contributed by atoms with Gasteiger partial charge in [-0.3, -0.25) is 0 Å². The molecule has 124 valence electrons.